The summed E-state index contributed by atoms with van der Waals surface area (Å²) in [4.78, 5) is 4.21. The van der Waals surface area contributed by atoms with Crippen molar-refractivity contribution in [2.24, 2.45) is 0 Å². The fourth-order valence-electron chi connectivity index (χ4n) is 1.09. The first-order valence-corrected chi connectivity index (χ1v) is 5.15. The number of hydrogen-bond donors (Lipinski definition) is 1. The van der Waals surface area contributed by atoms with Crippen LogP contribution in [0.2, 0.25) is 0 Å². The minimum atomic E-state index is 0.432. The van der Waals surface area contributed by atoms with Crippen molar-refractivity contribution in [3.05, 3.63) is 36.7 Å². The van der Waals surface area contributed by atoms with Crippen molar-refractivity contribution in [1.29, 1.82) is 0 Å². The summed E-state index contributed by atoms with van der Waals surface area (Å²) in [6.45, 7) is 4.97. The van der Waals surface area contributed by atoms with Crippen LogP contribution in [0.25, 0.3) is 0 Å². The Hall–Kier alpha value is -1.79. The number of hydrogen-bond acceptors (Lipinski definition) is 3. The maximum Gasteiger partial charge on any atom is 0.113 e. The number of nitrogens with zero attached hydrogens (tertiary/aromatic N) is 1. The molecular formula is C13H16N2O. The highest BCUT2D eigenvalue weighted by Crippen LogP contribution is 2.05. The number of aromatic nitrogens is 1. The molecule has 3 nitrogen and oxygen atoms in total. The van der Waals surface area contributed by atoms with Crippen molar-refractivity contribution in [2.75, 3.05) is 25.6 Å². The molecule has 1 aromatic heterocycles. The van der Waals surface area contributed by atoms with Crippen LogP contribution in [0.5, 0.6) is 0 Å². The Morgan fingerprint density at radius 2 is 2.44 bits per heavy atom. The van der Waals surface area contributed by atoms with Gasteiger partial charge in [0.25, 0.3) is 0 Å². The second-order valence-electron chi connectivity index (χ2n) is 3.17. The first-order valence-electron chi connectivity index (χ1n) is 5.15. The highest BCUT2D eigenvalue weighted by atomic mass is 16.5. The van der Waals surface area contributed by atoms with Gasteiger partial charge in [-0.1, -0.05) is 12.0 Å². The lowest BCUT2D eigenvalue weighted by atomic mass is 10.3. The molecule has 0 fully saturated rings. The molecule has 0 amide bonds. The van der Waals surface area contributed by atoms with Crippen LogP contribution in [0.15, 0.2) is 31.0 Å². The molecule has 0 saturated heterocycles. The molecule has 0 bridgehead atoms. The predicted octanol–water partition coefficient (Wildman–Crippen LogP) is 2.07. The smallest absolute Gasteiger partial charge is 0.113 e. The second-order valence-corrected chi connectivity index (χ2v) is 3.17. The van der Waals surface area contributed by atoms with Crippen LogP contribution in [0, 0.1) is 11.8 Å². The molecule has 0 aliphatic heterocycles. The van der Waals surface area contributed by atoms with Crippen LogP contribution >= 0.6 is 0 Å². The Balaban J connectivity index is 2.48. The van der Waals surface area contributed by atoms with Gasteiger partial charge in [0.05, 0.1) is 11.9 Å². The van der Waals surface area contributed by atoms with Crippen LogP contribution in [0.3, 0.4) is 0 Å². The Labute approximate surface area is 96.5 Å². The zero-order valence-corrected chi connectivity index (χ0v) is 9.49. The normalized spacial score (nSPS) is 9.06. The van der Waals surface area contributed by atoms with Gasteiger partial charge in [0.1, 0.15) is 12.3 Å². The molecule has 0 atom stereocenters. The minimum Gasteiger partial charge on any atom is -0.383 e. The van der Waals surface area contributed by atoms with Gasteiger partial charge in [-0.05, 0) is 24.5 Å². The molecule has 1 N–H and O–H groups in total. The van der Waals surface area contributed by atoms with Gasteiger partial charge in [0.2, 0.25) is 0 Å². The average Bonchev–Trinajstić information content (AvgIpc) is 2.32. The predicted molar refractivity (Wildman–Crippen MR) is 66.3 cm³/mol. The van der Waals surface area contributed by atoms with Crippen molar-refractivity contribution < 1.29 is 4.74 Å². The third-order valence-corrected chi connectivity index (χ3v) is 1.87. The molecule has 0 saturated carbocycles. The Kier molecular flexibility index (Phi) is 5.75. The molecule has 1 aromatic rings. The summed E-state index contributed by atoms with van der Waals surface area (Å²) in [5, 5.41) is 3.23. The Morgan fingerprint density at radius 1 is 1.56 bits per heavy atom. The van der Waals surface area contributed by atoms with E-state index in [1.54, 1.807) is 13.3 Å². The Bertz CT molecular complexity index is 373. The summed E-state index contributed by atoms with van der Waals surface area (Å²) in [7, 11) is 1.62. The number of anilines is 1. The summed E-state index contributed by atoms with van der Waals surface area (Å²) >= 11 is 0. The van der Waals surface area contributed by atoms with E-state index in [-0.39, 0.29) is 0 Å². The van der Waals surface area contributed by atoms with E-state index in [4.69, 9.17) is 4.74 Å². The molecule has 0 aliphatic carbocycles. The van der Waals surface area contributed by atoms with Gasteiger partial charge in [0.15, 0.2) is 0 Å². The molecule has 1 heterocycles. The zero-order valence-electron chi connectivity index (χ0n) is 9.49. The number of ether oxygens (including phenoxy) is 1. The lowest BCUT2D eigenvalue weighted by molar-refractivity contribution is 0.240. The maximum absolute atomic E-state index is 4.83. The van der Waals surface area contributed by atoms with Crippen LogP contribution < -0.4 is 5.32 Å². The zero-order chi connectivity index (χ0) is 11.6. The van der Waals surface area contributed by atoms with Crippen LogP contribution in [0.4, 0.5) is 5.69 Å². The summed E-state index contributed by atoms with van der Waals surface area (Å²) in [5.41, 5.74) is 1.76. The van der Waals surface area contributed by atoms with E-state index in [1.165, 1.54) is 0 Å². The lowest BCUT2D eigenvalue weighted by Gasteiger charge is -2.03. The van der Waals surface area contributed by atoms with Gasteiger partial charge >= 0.3 is 0 Å². The molecule has 0 aliphatic rings. The Morgan fingerprint density at radius 3 is 3.06 bits per heavy atom. The van der Waals surface area contributed by atoms with Crippen molar-refractivity contribution in [3.63, 3.8) is 0 Å². The van der Waals surface area contributed by atoms with E-state index < -0.39 is 0 Å². The SMILES string of the molecule is C=CCCNc1ccc(C#CCOC)nc1. The molecule has 16 heavy (non-hydrogen) atoms. The number of nitrogens with one attached hydrogen (secondary N) is 1. The summed E-state index contributed by atoms with van der Waals surface area (Å²) in [6.07, 6.45) is 4.60. The van der Waals surface area contributed by atoms with Crippen molar-refractivity contribution in [2.45, 2.75) is 6.42 Å². The highest BCUT2D eigenvalue weighted by molar-refractivity contribution is 5.43. The van der Waals surface area contributed by atoms with E-state index in [9.17, 15) is 0 Å². The number of methoxy groups -OCH3 is 1. The van der Waals surface area contributed by atoms with E-state index in [0.717, 1.165) is 24.3 Å². The first-order chi connectivity index (χ1) is 7.86. The van der Waals surface area contributed by atoms with Crippen LogP contribution in [-0.2, 0) is 4.74 Å². The summed E-state index contributed by atoms with van der Waals surface area (Å²) in [5.74, 6) is 5.76. The molecule has 0 radical (unpaired) electrons. The third kappa shape index (κ3) is 4.63. The van der Waals surface area contributed by atoms with Gasteiger partial charge in [0, 0.05) is 13.7 Å². The minimum absolute atomic E-state index is 0.432. The molecule has 0 unspecified atom stereocenters. The van der Waals surface area contributed by atoms with Gasteiger partial charge in [-0.25, -0.2) is 4.98 Å². The van der Waals surface area contributed by atoms with Gasteiger partial charge in [-0.15, -0.1) is 6.58 Å². The number of rotatable bonds is 5. The molecule has 1 rings (SSSR count). The van der Waals surface area contributed by atoms with Crippen LogP contribution in [0.1, 0.15) is 12.1 Å². The summed E-state index contributed by atoms with van der Waals surface area (Å²) < 4.78 is 4.83. The first kappa shape index (κ1) is 12.3. The number of pyridine rings is 1. The van der Waals surface area contributed by atoms with Gasteiger partial charge in [-0.3, -0.25) is 0 Å². The topological polar surface area (TPSA) is 34.1 Å². The fourth-order valence-corrected chi connectivity index (χ4v) is 1.09. The monoisotopic (exact) mass is 216 g/mol. The maximum atomic E-state index is 4.83. The average molecular weight is 216 g/mol. The molecule has 84 valence electrons. The third-order valence-electron chi connectivity index (χ3n) is 1.87. The second kappa shape index (κ2) is 7.49. The molecule has 0 spiro atoms. The van der Waals surface area contributed by atoms with Crippen molar-refractivity contribution in [1.82, 2.24) is 4.98 Å². The fraction of sp³-hybridized carbons (Fsp3) is 0.308. The van der Waals surface area contributed by atoms with E-state index in [2.05, 4.69) is 28.7 Å². The van der Waals surface area contributed by atoms with E-state index in [1.807, 2.05) is 18.2 Å². The molecule has 0 aromatic carbocycles. The van der Waals surface area contributed by atoms with Crippen molar-refractivity contribution >= 4 is 5.69 Å². The highest BCUT2D eigenvalue weighted by Gasteiger charge is 1.91. The molecular weight excluding hydrogens is 200 g/mol. The van der Waals surface area contributed by atoms with Gasteiger partial charge < -0.3 is 10.1 Å². The largest absolute Gasteiger partial charge is 0.383 e. The van der Waals surface area contributed by atoms with Crippen LogP contribution in [-0.4, -0.2) is 25.2 Å². The summed E-state index contributed by atoms with van der Waals surface area (Å²) in [6, 6.07) is 3.85. The lowest BCUT2D eigenvalue weighted by Crippen LogP contribution is -2.00. The van der Waals surface area contributed by atoms with Crippen molar-refractivity contribution in [3.8, 4) is 11.8 Å². The van der Waals surface area contributed by atoms with E-state index >= 15 is 0 Å². The van der Waals surface area contributed by atoms with Gasteiger partial charge in [-0.2, -0.15) is 0 Å². The molecule has 3 heteroatoms. The standard InChI is InChI=1S/C13H16N2O/c1-3-4-9-14-13-8-7-12(15-11-13)6-5-10-16-2/h3,7-8,11,14H,1,4,9-10H2,2H3. The quantitative estimate of drug-likeness (QED) is 0.465. The van der Waals surface area contributed by atoms with E-state index in [0.29, 0.717) is 6.61 Å².